The Labute approximate surface area is 141 Å². The summed E-state index contributed by atoms with van der Waals surface area (Å²) in [6, 6.07) is 5.33. The maximum atomic E-state index is 13.0. The number of aromatic hydroxyl groups is 2. The van der Waals surface area contributed by atoms with Crippen LogP contribution in [0.1, 0.15) is 38.2 Å². The second-order valence-corrected chi connectivity index (χ2v) is 6.35. The molecular weight excluding hydrogens is 304 g/mol. The zero-order valence-electron chi connectivity index (χ0n) is 14.4. The van der Waals surface area contributed by atoms with Crippen molar-refractivity contribution in [2.24, 2.45) is 0 Å². The van der Waals surface area contributed by atoms with Gasteiger partial charge in [0.15, 0.2) is 0 Å². The van der Waals surface area contributed by atoms with Crippen molar-refractivity contribution in [1.82, 2.24) is 4.90 Å². The molecule has 2 aromatic rings. The van der Waals surface area contributed by atoms with Gasteiger partial charge in [0, 0.05) is 31.9 Å². The Morgan fingerprint density at radius 2 is 1.79 bits per heavy atom. The van der Waals surface area contributed by atoms with E-state index in [1.54, 1.807) is 18.7 Å². The predicted molar refractivity (Wildman–Crippen MR) is 93.5 cm³/mol. The summed E-state index contributed by atoms with van der Waals surface area (Å²) in [4.78, 5) is 14.7. The van der Waals surface area contributed by atoms with Gasteiger partial charge in [-0.25, -0.2) is 0 Å². The van der Waals surface area contributed by atoms with Gasteiger partial charge in [0.1, 0.15) is 11.5 Å². The van der Waals surface area contributed by atoms with Crippen molar-refractivity contribution in [1.29, 1.82) is 0 Å². The fourth-order valence-electron chi connectivity index (χ4n) is 3.39. The molecule has 5 nitrogen and oxygen atoms in total. The lowest BCUT2D eigenvalue weighted by Gasteiger charge is -2.19. The fourth-order valence-corrected chi connectivity index (χ4v) is 3.39. The summed E-state index contributed by atoms with van der Waals surface area (Å²) in [7, 11) is 1.88. The molecule has 0 aliphatic carbocycles. The molecule has 1 heterocycles. The fraction of sp³-hybridized carbons (Fsp3) is 0.316. The molecule has 2 aromatic carbocycles. The van der Waals surface area contributed by atoms with Crippen LogP contribution in [0.2, 0.25) is 0 Å². The summed E-state index contributed by atoms with van der Waals surface area (Å²) in [5.74, 6) is -0.398. The normalized spacial score (nSPS) is 13.1. The third kappa shape index (κ3) is 2.37. The number of benzene rings is 2. The van der Waals surface area contributed by atoms with E-state index in [9.17, 15) is 15.0 Å². The standard InChI is InChI=1S/C19H22N2O3/c1-10-5-6-13-8-21(9-14(13)18(10)20-4)19(24)17-12(3)11(2)15(22)7-16(17)23/h5-7,20,22-23H,8-9H2,1-4H3. The first-order valence-electron chi connectivity index (χ1n) is 7.95. The summed E-state index contributed by atoms with van der Waals surface area (Å²) in [5, 5.41) is 23.2. The van der Waals surface area contributed by atoms with E-state index >= 15 is 0 Å². The van der Waals surface area contributed by atoms with Crippen LogP contribution in [0.4, 0.5) is 5.69 Å². The molecule has 126 valence electrons. The molecule has 0 fully saturated rings. The van der Waals surface area contributed by atoms with Gasteiger partial charge in [0.2, 0.25) is 0 Å². The molecule has 1 amide bonds. The molecule has 0 aromatic heterocycles. The summed E-state index contributed by atoms with van der Waals surface area (Å²) in [5.41, 5.74) is 5.93. The van der Waals surface area contributed by atoms with Crippen LogP contribution in [-0.2, 0) is 13.1 Å². The number of phenolic OH excluding ortho intramolecular Hbond substituents is 2. The van der Waals surface area contributed by atoms with E-state index in [4.69, 9.17) is 0 Å². The number of anilines is 1. The molecule has 3 rings (SSSR count). The summed E-state index contributed by atoms with van der Waals surface area (Å²) < 4.78 is 0. The molecule has 24 heavy (non-hydrogen) atoms. The number of nitrogens with one attached hydrogen (secondary N) is 1. The van der Waals surface area contributed by atoms with Gasteiger partial charge in [-0.15, -0.1) is 0 Å². The number of carbonyl (C=O) groups excluding carboxylic acids is 1. The molecule has 1 aliphatic rings. The highest BCUT2D eigenvalue weighted by atomic mass is 16.3. The minimum Gasteiger partial charge on any atom is -0.508 e. The lowest BCUT2D eigenvalue weighted by Crippen LogP contribution is -2.26. The molecular formula is C19H22N2O3. The van der Waals surface area contributed by atoms with Crippen molar-refractivity contribution < 1.29 is 15.0 Å². The van der Waals surface area contributed by atoms with E-state index in [-0.39, 0.29) is 23.0 Å². The number of fused-ring (bicyclic) bond motifs is 1. The van der Waals surface area contributed by atoms with Gasteiger partial charge in [-0.3, -0.25) is 4.79 Å². The number of aryl methyl sites for hydroxylation is 1. The van der Waals surface area contributed by atoms with E-state index in [1.165, 1.54) is 6.07 Å². The zero-order chi connectivity index (χ0) is 17.6. The lowest BCUT2D eigenvalue weighted by atomic mass is 10.00. The van der Waals surface area contributed by atoms with Crippen LogP contribution in [-0.4, -0.2) is 28.1 Å². The van der Waals surface area contributed by atoms with E-state index in [1.807, 2.05) is 26.1 Å². The van der Waals surface area contributed by atoms with Crippen molar-refractivity contribution in [2.45, 2.75) is 33.9 Å². The number of amides is 1. The van der Waals surface area contributed by atoms with Crippen LogP contribution in [0.3, 0.4) is 0 Å². The second kappa shape index (κ2) is 5.74. The molecule has 0 saturated heterocycles. The average Bonchev–Trinajstić information content (AvgIpc) is 2.96. The van der Waals surface area contributed by atoms with Gasteiger partial charge in [-0.1, -0.05) is 12.1 Å². The Bertz CT molecular complexity index is 843. The number of hydrogen-bond acceptors (Lipinski definition) is 4. The Hall–Kier alpha value is -2.69. The molecule has 0 saturated carbocycles. The summed E-state index contributed by atoms with van der Waals surface area (Å²) in [6.45, 7) is 6.54. The Balaban J connectivity index is 1.98. The van der Waals surface area contributed by atoms with Crippen LogP contribution >= 0.6 is 0 Å². The zero-order valence-corrected chi connectivity index (χ0v) is 14.4. The average molecular weight is 326 g/mol. The molecule has 0 unspecified atom stereocenters. The van der Waals surface area contributed by atoms with Crippen molar-refractivity contribution in [3.05, 3.63) is 51.6 Å². The van der Waals surface area contributed by atoms with Crippen LogP contribution in [0.5, 0.6) is 11.5 Å². The van der Waals surface area contributed by atoms with Gasteiger partial charge < -0.3 is 20.4 Å². The molecule has 0 radical (unpaired) electrons. The van der Waals surface area contributed by atoms with Gasteiger partial charge in [0.25, 0.3) is 5.91 Å². The summed E-state index contributed by atoms with van der Waals surface area (Å²) in [6.07, 6.45) is 0. The van der Waals surface area contributed by atoms with Gasteiger partial charge in [-0.05, 0) is 48.6 Å². The van der Waals surface area contributed by atoms with Crippen LogP contribution < -0.4 is 5.32 Å². The molecule has 1 aliphatic heterocycles. The lowest BCUT2D eigenvalue weighted by molar-refractivity contribution is 0.0747. The number of hydrogen-bond donors (Lipinski definition) is 3. The Kier molecular flexibility index (Phi) is 3.87. The summed E-state index contributed by atoms with van der Waals surface area (Å²) >= 11 is 0. The minimum absolute atomic E-state index is 0.000600. The predicted octanol–water partition coefficient (Wildman–Crippen LogP) is 3.22. The molecule has 0 bridgehead atoms. The topological polar surface area (TPSA) is 72.8 Å². The SMILES string of the molecule is CNc1c(C)ccc2c1CN(C(=O)c1c(O)cc(O)c(C)c1C)C2. The number of carbonyl (C=O) groups is 1. The van der Waals surface area contributed by atoms with Gasteiger partial charge in [-0.2, -0.15) is 0 Å². The molecule has 0 spiro atoms. The largest absolute Gasteiger partial charge is 0.508 e. The smallest absolute Gasteiger partial charge is 0.258 e. The molecule has 5 heteroatoms. The van der Waals surface area contributed by atoms with Crippen molar-refractivity contribution >= 4 is 11.6 Å². The van der Waals surface area contributed by atoms with Crippen LogP contribution in [0.15, 0.2) is 18.2 Å². The third-order valence-corrected chi connectivity index (χ3v) is 4.93. The first kappa shape index (κ1) is 16.2. The maximum Gasteiger partial charge on any atom is 0.258 e. The highest BCUT2D eigenvalue weighted by molar-refractivity contribution is 5.99. The van der Waals surface area contributed by atoms with E-state index in [0.29, 0.717) is 24.2 Å². The monoisotopic (exact) mass is 326 g/mol. The molecule has 0 atom stereocenters. The van der Waals surface area contributed by atoms with E-state index in [0.717, 1.165) is 22.4 Å². The number of nitrogens with zero attached hydrogens (tertiary/aromatic N) is 1. The maximum absolute atomic E-state index is 13.0. The highest BCUT2D eigenvalue weighted by Crippen LogP contribution is 2.36. The van der Waals surface area contributed by atoms with Gasteiger partial charge in [0.05, 0.1) is 5.56 Å². The van der Waals surface area contributed by atoms with Crippen LogP contribution in [0, 0.1) is 20.8 Å². The van der Waals surface area contributed by atoms with E-state index < -0.39 is 0 Å². The molecule has 3 N–H and O–H groups in total. The highest BCUT2D eigenvalue weighted by Gasteiger charge is 2.29. The first-order valence-corrected chi connectivity index (χ1v) is 7.95. The third-order valence-electron chi connectivity index (χ3n) is 4.93. The Morgan fingerprint density at radius 1 is 1.08 bits per heavy atom. The van der Waals surface area contributed by atoms with Gasteiger partial charge >= 0.3 is 0 Å². The minimum atomic E-state index is -0.219. The van der Waals surface area contributed by atoms with Crippen molar-refractivity contribution in [3.8, 4) is 11.5 Å². The van der Waals surface area contributed by atoms with Crippen molar-refractivity contribution in [2.75, 3.05) is 12.4 Å². The number of rotatable bonds is 2. The Morgan fingerprint density at radius 3 is 2.46 bits per heavy atom. The quantitative estimate of drug-likeness (QED) is 0.792. The second-order valence-electron chi connectivity index (χ2n) is 6.35. The van der Waals surface area contributed by atoms with Crippen LogP contribution in [0.25, 0.3) is 0 Å². The van der Waals surface area contributed by atoms with E-state index in [2.05, 4.69) is 5.32 Å². The first-order chi connectivity index (χ1) is 11.3. The van der Waals surface area contributed by atoms with Crippen molar-refractivity contribution in [3.63, 3.8) is 0 Å². The number of phenols is 2.